The second-order valence-electron chi connectivity index (χ2n) is 5.24. The number of hydrogen-bond acceptors (Lipinski definition) is 4. The van der Waals surface area contributed by atoms with Crippen molar-refractivity contribution in [2.75, 3.05) is 26.3 Å². The number of nitrogens with two attached hydrogens (primary N) is 1. The van der Waals surface area contributed by atoms with E-state index in [0.29, 0.717) is 39.4 Å². The Hall–Kier alpha value is -2.12. The lowest BCUT2D eigenvalue weighted by atomic mass is 10.1. The van der Waals surface area contributed by atoms with Crippen molar-refractivity contribution in [1.82, 2.24) is 15.2 Å². The van der Waals surface area contributed by atoms with Crippen molar-refractivity contribution in [1.29, 1.82) is 0 Å². The van der Waals surface area contributed by atoms with Gasteiger partial charge in [0.2, 0.25) is 5.91 Å². The van der Waals surface area contributed by atoms with E-state index in [1.54, 1.807) is 4.90 Å². The van der Waals surface area contributed by atoms with Crippen LogP contribution in [0.4, 0.5) is 4.79 Å². The number of urea groups is 1. The predicted molar refractivity (Wildman–Crippen MR) is 81.5 cm³/mol. The summed E-state index contributed by atoms with van der Waals surface area (Å²) in [5.74, 6) is 5.80. The summed E-state index contributed by atoms with van der Waals surface area (Å²) in [5.41, 5.74) is 1.94. The molecule has 0 atom stereocenters. The van der Waals surface area contributed by atoms with Gasteiger partial charge in [-0.15, -0.1) is 0 Å². The van der Waals surface area contributed by atoms with Crippen molar-refractivity contribution in [2.45, 2.75) is 20.0 Å². The van der Waals surface area contributed by atoms with Gasteiger partial charge in [-0.25, -0.2) is 10.6 Å². The Morgan fingerprint density at radius 1 is 1.23 bits per heavy atom. The molecule has 1 aromatic carbocycles. The highest BCUT2D eigenvalue weighted by atomic mass is 16.5. The second-order valence-corrected chi connectivity index (χ2v) is 5.24. The molecule has 0 aliphatic carbocycles. The first-order valence-corrected chi connectivity index (χ1v) is 7.27. The topological polar surface area (TPSA) is 87.9 Å². The highest BCUT2D eigenvalue weighted by Gasteiger charge is 2.20. The van der Waals surface area contributed by atoms with Crippen LogP contribution in [0, 0.1) is 0 Å². The van der Waals surface area contributed by atoms with Crippen LogP contribution in [0.15, 0.2) is 24.3 Å². The molecule has 1 aliphatic heterocycles. The first kappa shape index (κ1) is 16.3. The van der Waals surface area contributed by atoms with Crippen molar-refractivity contribution >= 4 is 11.9 Å². The Bertz CT molecular complexity index is 512. The molecule has 1 fully saturated rings. The molecule has 7 nitrogen and oxygen atoms in total. The molecular weight excluding hydrogens is 284 g/mol. The van der Waals surface area contributed by atoms with Crippen LogP contribution in [0.25, 0.3) is 0 Å². The molecule has 1 saturated heterocycles. The molecule has 0 aromatic heterocycles. The summed E-state index contributed by atoms with van der Waals surface area (Å²) >= 11 is 0. The summed E-state index contributed by atoms with van der Waals surface area (Å²) in [5, 5.41) is 3.95. The second kappa shape index (κ2) is 7.77. The number of rotatable bonds is 4. The van der Waals surface area contributed by atoms with Gasteiger partial charge in [0.1, 0.15) is 0 Å². The zero-order chi connectivity index (χ0) is 15.9. The van der Waals surface area contributed by atoms with E-state index in [-0.39, 0.29) is 11.9 Å². The van der Waals surface area contributed by atoms with Crippen LogP contribution in [0.2, 0.25) is 0 Å². The van der Waals surface area contributed by atoms with Crippen LogP contribution in [0.3, 0.4) is 0 Å². The number of hydrogen-bond donors (Lipinski definition) is 2. The van der Waals surface area contributed by atoms with Gasteiger partial charge in [0, 0.05) is 26.6 Å². The van der Waals surface area contributed by atoms with Crippen LogP contribution in [-0.4, -0.2) is 48.2 Å². The van der Waals surface area contributed by atoms with E-state index in [9.17, 15) is 9.59 Å². The summed E-state index contributed by atoms with van der Waals surface area (Å²) in [6.07, 6.45) is 0. The Morgan fingerprint density at radius 2 is 1.82 bits per heavy atom. The van der Waals surface area contributed by atoms with E-state index in [2.05, 4.69) is 5.32 Å². The van der Waals surface area contributed by atoms with Crippen LogP contribution in [0.5, 0.6) is 0 Å². The third-order valence-electron chi connectivity index (χ3n) is 3.44. The lowest BCUT2D eigenvalue weighted by Gasteiger charge is -2.30. The van der Waals surface area contributed by atoms with E-state index < -0.39 is 0 Å². The van der Waals surface area contributed by atoms with Crippen LogP contribution in [0.1, 0.15) is 18.1 Å². The Kier molecular flexibility index (Phi) is 5.74. The maximum absolute atomic E-state index is 12.2. The Morgan fingerprint density at radius 3 is 2.41 bits per heavy atom. The Balaban J connectivity index is 1.86. The molecule has 7 heteroatoms. The molecule has 3 amide bonds. The van der Waals surface area contributed by atoms with Gasteiger partial charge in [-0.05, 0) is 11.1 Å². The van der Waals surface area contributed by atoms with Gasteiger partial charge in [-0.2, -0.15) is 0 Å². The number of benzene rings is 1. The number of hydrazine groups is 1. The number of carbonyl (C=O) groups excluding carboxylic acids is 2. The van der Waals surface area contributed by atoms with E-state index in [1.807, 2.05) is 24.3 Å². The predicted octanol–water partition coefficient (Wildman–Crippen LogP) is 0.451. The minimum atomic E-state index is -0.189. The molecule has 22 heavy (non-hydrogen) atoms. The lowest BCUT2D eigenvalue weighted by Crippen LogP contribution is -2.50. The van der Waals surface area contributed by atoms with E-state index in [0.717, 1.165) is 11.1 Å². The monoisotopic (exact) mass is 306 g/mol. The molecule has 1 aliphatic rings. The van der Waals surface area contributed by atoms with Gasteiger partial charge in [-0.1, -0.05) is 24.3 Å². The SMILES string of the molecule is CC(=O)NCc1ccc(CN(N)C(=O)N2CCOCC2)cc1. The third-order valence-corrected chi connectivity index (χ3v) is 3.44. The number of nitrogens with one attached hydrogen (secondary N) is 1. The highest BCUT2D eigenvalue weighted by Crippen LogP contribution is 2.08. The normalized spacial score (nSPS) is 14.5. The molecule has 3 N–H and O–H groups in total. The molecule has 0 radical (unpaired) electrons. The summed E-state index contributed by atoms with van der Waals surface area (Å²) in [7, 11) is 0. The molecule has 0 unspecified atom stereocenters. The van der Waals surface area contributed by atoms with Crippen molar-refractivity contribution < 1.29 is 14.3 Å². The average molecular weight is 306 g/mol. The van der Waals surface area contributed by atoms with Gasteiger partial charge in [0.15, 0.2) is 0 Å². The largest absolute Gasteiger partial charge is 0.378 e. The average Bonchev–Trinajstić information content (AvgIpc) is 2.54. The van der Waals surface area contributed by atoms with Crippen molar-refractivity contribution in [3.63, 3.8) is 0 Å². The molecule has 1 heterocycles. The molecule has 0 bridgehead atoms. The van der Waals surface area contributed by atoms with Crippen LogP contribution >= 0.6 is 0 Å². The molecule has 0 spiro atoms. The molecule has 1 aromatic rings. The van der Waals surface area contributed by atoms with Crippen LogP contribution < -0.4 is 11.2 Å². The standard InChI is InChI=1S/C15H22N4O3/c1-12(20)17-10-13-2-4-14(5-3-13)11-19(16)15(21)18-6-8-22-9-7-18/h2-5H,6-11,16H2,1H3,(H,17,20). The molecular formula is C15H22N4O3. The third kappa shape index (κ3) is 4.71. The zero-order valence-electron chi connectivity index (χ0n) is 12.7. The fourth-order valence-electron chi connectivity index (χ4n) is 2.19. The lowest BCUT2D eigenvalue weighted by molar-refractivity contribution is -0.119. The number of nitrogens with zero attached hydrogens (tertiary/aromatic N) is 2. The first-order valence-electron chi connectivity index (χ1n) is 7.27. The number of amides is 3. The number of morpholine rings is 1. The molecule has 2 rings (SSSR count). The number of ether oxygens (including phenoxy) is 1. The van der Waals surface area contributed by atoms with E-state index >= 15 is 0 Å². The molecule has 120 valence electrons. The highest BCUT2D eigenvalue weighted by molar-refractivity contribution is 5.74. The zero-order valence-corrected chi connectivity index (χ0v) is 12.7. The minimum absolute atomic E-state index is 0.0617. The van der Waals surface area contributed by atoms with Crippen molar-refractivity contribution in [2.24, 2.45) is 5.84 Å². The molecule has 0 saturated carbocycles. The minimum Gasteiger partial charge on any atom is -0.378 e. The van der Waals surface area contributed by atoms with Gasteiger partial charge >= 0.3 is 6.03 Å². The summed E-state index contributed by atoms with van der Waals surface area (Å²) in [4.78, 5) is 24.7. The fraction of sp³-hybridized carbons (Fsp3) is 0.467. The van der Waals surface area contributed by atoms with Gasteiger partial charge in [0.25, 0.3) is 0 Å². The number of carbonyl (C=O) groups is 2. The van der Waals surface area contributed by atoms with Crippen molar-refractivity contribution in [3.05, 3.63) is 35.4 Å². The summed E-state index contributed by atoms with van der Waals surface area (Å²) in [6, 6.07) is 7.45. The van der Waals surface area contributed by atoms with E-state index in [4.69, 9.17) is 10.6 Å². The maximum atomic E-state index is 12.2. The first-order chi connectivity index (χ1) is 10.6. The smallest absolute Gasteiger partial charge is 0.334 e. The van der Waals surface area contributed by atoms with Crippen LogP contribution in [-0.2, 0) is 22.6 Å². The summed E-state index contributed by atoms with van der Waals surface area (Å²) in [6.45, 7) is 4.57. The summed E-state index contributed by atoms with van der Waals surface area (Å²) < 4.78 is 5.22. The Labute approximate surface area is 130 Å². The van der Waals surface area contributed by atoms with Gasteiger partial charge in [-0.3, -0.25) is 9.80 Å². The van der Waals surface area contributed by atoms with E-state index in [1.165, 1.54) is 11.9 Å². The van der Waals surface area contributed by atoms with Crippen molar-refractivity contribution in [3.8, 4) is 0 Å². The van der Waals surface area contributed by atoms with Gasteiger partial charge < -0.3 is 15.0 Å². The van der Waals surface area contributed by atoms with Gasteiger partial charge in [0.05, 0.1) is 19.8 Å². The fourth-order valence-corrected chi connectivity index (χ4v) is 2.19. The maximum Gasteiger partial charge on any atom is 0.334 e. The quantitative estimate of drug-likeness (QED) is 0.480.